The molecule has 0 aromatic heterocycles. The number of carbonyl (C=O) groups excluding carboxylic acids is 3. The average molecular weight is 371 g/mol. The van der Waals surface area contributed by atoms with Crippen LogP contribution in [0.3, 0.4) is 0 Å². The molecule has 0 fully saturated rings. The van der Waals surface area contributed by atoms with Gasteiger partial charge in [0.1, 0.15) is 0 Å². The van der Waals surface area contributed by atoms with Crippen molar-refractivity contribution in [2.45, 2.75) is 39.3 Å². The molecule has 0 heterocycles. The van der Waals surface area contributed by atoms with Crippen molar-refractivity contribution in [3.63, 3.8) is 0 Å². The maximum atomic E-state index is 11.8. The van der Waals surface area contributed by atoms with Gasteiger partial charge < -0.3 is 24.7 Å². The van der Waals surface area contributed by atoms with Gasteiger partial charge in [-0.25, -0.2) is 9.59 Å². The van der Waals surface area contributed by atoms with Gasteiger partial charge in [0.25, 0.3) is 0 Å². The van der Waals surface area contributed by atoms with E-state index in [4.69, 9.17) is 9.47 Å². The van der Waals surface area contributed by atoms with Gasteiger partial charge in [-0.2, -0.15) is 0 Å². The molecule has 0 bridgehead atoms. The fraction of sp³-hybridized carbons (Fsp3) is 0.389. The van der Waals surface area contributed by atoms with Gasteiger partial charge in [0.05, 0.1) is 18.6 Å². The van der Waals surface area contributed by atoms with E-state index in [9.17, 15) is 19.5 Å². The summed E-state index contributed by atoms with van der Waals surface area (Å²) >= 11 is 0. The second-order valence-electron chi connectivity index (χ2n) is 5.36. The topological polar surface area (TPSA) is 105 Å². The summed E-state index contributed by atoms with van der Waals surface area (Å²) in [6.45, 7) is 4.75. The number of carboxylic acids is 1. The molecule has 7 nitrogen and oxygen atoms in total. The van der Waals surface area contributed by atoms with Crippen LogP contribution in [0.2, 0.25) is 0 Å². The summed E-state index contributed by atoms with van der Waals surface area (Å²) in [6.07, 6.45) is 0.233. The summed E-state index contributed by atoms with van der Waals surface area (Å²) in [6, 6.07) is 8.03. The predicted molar refractivity (Wildman–Crippen MR) is 88.0 cm³/mol. The first kappa shape index (κ1) is 24.2. The first-order valence-corrected chi connectivity index (χ1v) is 7.90. The minimum absolute atomic E-state index is 0. The molecule has 0 saturated heterocycles. The van der Waals surface area contributed by atoms with Crippen LogP contribution in [-0.4, -0.2) is 36.7 Å². The van der Waals surface area contributed by atoms with Gasteiger partial charge in [-0.1, -0.05) is 30.3 Å². The van der Waals surface area contributed by atoms with Gasteiger partial charge in [0, 0.05) is 11.8 Å². The predicted octanol–water partition coefficient (Wildman–Crippen LogP) is -2.66. The van der Waals surface area contributed by atoms with Gasteiger partial charge in [-0.3, -0.25) is 0 Å². The Balaban J connectivity index is 0.00000625. The third-order valence-electron chi connectivity index (χ3n) is 3.21. The number of carboxylic acid groups (broad SMARTS) is 1. The molecule has 0 radical (unpaired) electrons. The number of esters is 2. The van der Waals surface area contributed by atoms with Crippen molar-refractivity contribution >= 4 is 17.9 Å². The van der Waals surface area contributed by atoms with Crippen molar-refractivity contribution in [2.75, 3.05) is 6.61 Å². The zero-order chi connectivity index (χ0) is 18.8. The van der Waals surface area contributed by atoms with Gasteiger partial charge in [-0.05, 0) is 32.8 Å². The Kier molecular flexibility index (Phi) is 11.6. The fourth-order valence-electron chi connectivity index (χ4n) is 2.05. The third kappa shape index (κ3) is 9.03. The number of hydrogen-bond donors (Lipinski definition) is 1. The minimum Gasteiger partial charge on any atom is -0.548 e. The summed E-state index contributed by atoms with van der Waals surface area (Å²) in [4.78, 5) is 34.5. The molecule has 1 unspecified atom stereocenters. The fourth-order valence-corrected chi connectivity index (χ4v) is 2.05. The van der Waals surface area contributed by atoms with Crippen LogP contribution in [0.1, 0.15) is 26.3 Å². The number of benzene rings is 1. The molecule has 0 amide bonds. The van der Waals surface area contributed by atoms with Crippen molar-refractivity contribution < 1.29 is 58.5 Å². The van der Waals surface area contributed by atoms with Crippen LogP contribution in [0.25, 0.3) is 0 Å². The number of allylic oxidation sites excluding steroid dienone is 1. The number of aliphatic carboxylic acids is 1. The van der Waals surface area contributed by atoms with Gasteiger partial charge in [-0.15, -0.1) is 0 Å². The zero-order valence-corrected chi connectivity index (χ0v) is 17.5. The van der Waals surface area contributed by atoms with Gasteiger partial charge >= 0.3 is 41.5 Å². The van der Waals surface area contributed by atoms with Crippen molar-refractivity contribution in [1.82, 2.24) is 5.32 Å². The van der Waals surface area contributed by atoms with Crippen molar-refractivity contribution in [2.24, 2.45) is 0 Å². The van der Waals surface area contributed by atoms with Crippen LogP contribution in [0.4, 0.5) is 0 Å². The van der Waals surface area contributed by atoms with Crippen LogP contribution < -0.4 is 40.0 Å². The van der Waals surface area contributed by atoms with Crippen LogP contribution in [0, 0.1) is 0 Å². The third-order valence-corrected chi connectivity index (χ3v) is 3.21. The Morgan fingerprint density at radius 2 is 1.85 bits per heavy atom. The maximum Gasteiger partial charge on any atom is 1.00 e. The standard InChI is InChI=1S/C18H23NO6.Na/c1-4-24-18(23)13(3)25-16(20)10-12(2)19-15(17(21)22)11-14-8-6-5-7-9-14;/h5-10,13,15,19H,4,11H2,1-3H3,(H,21,22);/q;+1/p-1/t13?,15-;/m0./s1. The Morgan fingerprint density at radius 3 is 2.38 bits per heavy atom. The Hall–Kier alpha value is -1.83. The molecule has 0 spiro atoms. The maximum absolute atomic E-state index is 11.8. The van der Waals surface area contributed by atoms with E-state index >= 15 is 0 Å². The van der Waals surface area contributed by atoms with Crippen molar-refractivity contribution in [1.29, 1.82) is 0 Å². The molecule has 1 N–H and O–H groups in total. The molecule has 0 aliphatic heterocycles. The molecule has 1 aromatic rings. The summed E-state index contributed by atoms with van der Waals surface area (Å²) in [5, 5.41) is 14.0. The molecule has 0 aliphatic rings. The van der Waals surface area contributed by atoms with E-state index in [1.807, 2.05) is 6.07 Å². The largest absolute Gasteiger partial charge is 1.00 e. The number of hydrogen-bond acceptors (Lipinski definition) is 7. The summed E-state index contributed by atoms with van der Waals surface area (Å²) in [5.74, 6) is -2.71. The number of carbonyl (C=O) groups is 3. The molecular formula is C18H22NNaO6. The molecule has 2 atom stereocenters. The van der Waals surface area contributed by atoms with Gasteiger partial charge in [0.15, 0.2) is 6.10 Å². The molecule has 0 aliphatic carbocycles. The number of rotatable bonds is 9. The van der Waals surface area contributed by atoms with E-state index in [-0.39, 0.29) is 48.3 Å². The van der Waals surface area contributed by atoms with E-state index in [2.05, 4.69) is 5.32 Å². The van der Waals surface area contributed by atoms with E-state index in [0.717, 1.165) is 11.6 Å². The molecule has 8 heteroatoms. The van der Waals surface area contributed by atoms with Crippen molar-refractivity contribution in [3.05, 3.63) is 47.7 Å². The first-order chi connectivity index (χ1) is 11.8. The van der Waals surface area contributed by atoms with E-state index in [1.165, 1.54) is 13.8 Å². The molecule has 26 heavy (non-hydrogen) atoms. The smallest absolute Gasteiger partial charge is 0.548 e. The normalized spacial score (nSPS) is 13.0. The quantitative estimate of drug-likeness (QED) is 0.287. The number of nitrogens with one attached hydrogen (secondary N) is 1. The second-order valence-corrected chi connectivity index (χ2v) is 5.36. The summed E-state index contributed by atoms with van der Waals surface area (Å²) in [7, 11) is 0. The first-order valence-electron chi connectivity index (χ1n) is 7.90. The molecule has 1 aromatic carbocycles. The van der Waals surface area contributed by atoms with E-state index in [1.54, 1.807) is 31.2 Å². The summed E-state index contributed by atoms with van der Waals surface area (Å²) in [5.41, 5.74) is 1.10. The molecular weight excluding hydrogens is 349 g/mol. The van der Waals surface area contributed by atoms with E-state index in [0.29, 0.717) is 0 Å². The minimum atomic E-state index is -1.29. The second kappa shape index (κ2) is 12.5. The molecule has 0 saturated carbocycles. The van der Waals surface area contributed by atoms with Crippen LogP contribution in [-0.2, 0) is 30.3 Å². The molecule has 136 valence electrons. The monoisotopic (exact) mass is 371 g/mol. The Bertz CT molecular complexity index is 632. The van der Waals surface area contributed by atoms with Crippen LogP contribution >= 0.6 is 0 Å². The zero-order valence-electron chi connectivity index (χ0n) is 15.5. The Morgan fingerprint density at radius 1 is 1.23 bits per heavy atom. The SMILES string of the molecule is CCOC(=O)C(C)OC(=O)C=C(C)N[C@@H](Cc1ccccc1)C(=O)[O-].[Na+]. The average Bonchev–Trinajstić information content (AvgIpc) is 2.55. The number of ether oxygens (including phenoxy) is 2. The van der Waals surface area contributed by atoms with Crippen molar-refractivity contribution in [3.8, 4) is 0 Å². The molecule has 1 rings (SSSR count). The van der Waals surface area contributed by atoms with Crippen LogP contribution in [0.5, 0.6) is 0 Å². The Labute approximate surface area is 175 Å². The van der Waals surface area contributed by atoms with Gasteiger partial charge in [0.2, 0.25) is 0 Å². The van der Waals surface area contributed by atoms with Crippen LogP contribution in [0.15, 0.2) is 42.1 Å². The summed E-state index contributed by atoms with van der Waals surface area (Å²) < 4.78 is 9.64. The van der Waals surface area contributed by atoms with E-state index < -0.39 is 30.1 Å².